The number of carbonyl (C=O) groups is 3. The molecule has 3 rings (SSSR count). The van der Waals surface area contributed by atoms with E-state index in [9.17, 15) is 14.4 Å². The largest absolute Gasteiger partial charge is 0.488 e. The summed E-state index contributed by atoms with van der Waals surface area (Å²) in [4.78, 5) is 38.2. The van der Waals surface area contributed by atoms with Crippen LogP contribution < -0.4 is 4.74 Å². The van der Waals surface area contributed by atoms with Crippen LogP contribution in [0.2, 0.25) is 5.02 Å². The van der Waals surface area contributed by atoms with Gasteiger partial charge in [0.05, 0.1) is 11.0 Å². The van der Waals surface area contributed by atoms with Crippen molar-refractivity contribution in [3.63, 3.8) is 0 Å². The van der Waals surface area contributed by atoms with Crippen LogP contribution in [0.1, 0.15) is 31.4 Å². The van der Waals surface area contributed by atoms with Gasteiger partial charge in [0, 0.05) is 20.6 Å². The summed E-state index contributed by atoms with van der Waals surface area (Å²) < 4.78 is 11.9. The third kappa shape index (κ3) is 6.15. The Bertz CT molecular complexity index is 1070. The van der Waals surface area contributed by atoms with E-state index in [4.69, 9.17) is 21.1 Å². The number of carbonyl (C=O) groups excluding carboxylic acids is 3. The molecule has 1 aliphatic heterocycles. The molecule has 0 saturated carbocycles. The molecule has 32 heavy (non-hydrogen) atoms. The van der Waals surface area contributed by atoms with E-state index in [0.717, 1.165) is 26.7 Å². The number of nitrogens with zero attached hydrogens (tertiary/aromatic N) is 1. The van der Waals surface area contributed by atoms with Gasteiger partial charge in [-0.05, 0) is 55.4 Å². The van der Waals surface area contributed by atoms with Crippen molar-refractivity contribution >= 4 is 62.5 Å². The average molecular weight is 539 g/mol. The Balaban J connectivity index is 1.78. The van der Waals surface area contributed by atoms with Gasteiger partial charge in [0.15, 0.2) is 0 Å². The fourth-order valence-corrected chi connectivity index (χ4v) is 4.18. The van der Waals surface area contributed by atoms with E-state index < -0.39 is 23.7 Å². The first-order chi connectivity index (χ1) is 15.3. The van der Waals surface area contributed by atoms with E-state index in [0.29, 0.717) is 22.8 Å². The first-order valence-corrected chi connectivity index (χ1v) is 11.9. The molecular weight excluding hydrogens is 518 g/mol. The fraction of sp³-hybridized carbons (Fsp3) is 0.261. The Morgan fingerprint density at radius 3 is 2.72 bits per heavy atom. The Kier molecular flexibility index (Phi) is 8.39. The minimum atomic E-state index is -0.617. The zero-order chi connectivity index (χ0) is 23.3. The molecule has 0 bridgehead atoms. The second-order valence-corrected chi connectivity index (χ2v) is 9.35. The van der Waals surface area contributed by atoms with Crippen LogP contribution in [0.3, 0.4) is 0 Å². The Hall–Kier alpha value is -2.29. The number of amides is 2. The SMILES string of the molecule is CC[C@@H](C)OC(=O)CN1C(=O)S/C(=C/c2cc(Br)ccc2OCc2ccccc2Cl)C1=O. The Morgan fingerprint density at radius 2 is 2.00 bits per heavy atom. The summed E-state index contributed by atoms with van der Waals surface area (Å²) in [6.45, 7) is 3.46. The summed E-state index contributed by atoms with van der Waals surface area (Å²) in [5.74, 6) is -0.636. The quantitative estimate of drug-likeness (QED) is 0.300. The zero-order valence-electron chi connectivity index (χ0n) is 17.5. The molecule has 1 atom stereocenters. The van der Waals surface area contributed by atoms with E-state index in [2.05, 4.69) is 15.9 Å². The molecule has 0 aromatic heterocycles. The molecule has 0 aliphatic carbocycles. The van der Waals surface area contributed by atoms with Crippen LogP contribution in [0.25, 0.3) is 6.08 Å². The lowest BCUT2D eigenvalue weighted by Gasteiger charge is -2.15. The van der Waals surface area contributed by atoms with E-state index in [1.54, 1.807) is 31.2 Å². The third-order valence-electron chi connectivity index (χ3n) is 4.67. The molecule has 1 aliphatic rings. The maximum Gasteiger partial charge on any atom is 0.326 e. The lowest BCUT2D eigenvalue weighted by Crippen LogP contribution is -2.35. The molecule has 9 heteroatoms. The highest BCUT2D eigenvalue weighted by Gasteiger charge is 2.37. The summed E-state index contributed by atoms with van der Waals surface area (Å²) in [6, 6.07) is 12.7. The van der Waals surface area contributed by atoms with E-state index in [1.165, 1.54) is 0 Å². The Morgan fingerprint density at radius 1 is 1.25 bits per heavy atom. The molecule has 1 saturated heterocycles. The van der Waals surface area contributed by atoms with E-state index in [1.807, 2.05) is 31.2 Å². The standard InChI is InChI=1S/C23H21BrClNO5S/c1-3-14(2)31-21(27)12-26-22(28)20(32-23(26)29)11-16-10-17(24)8-9-19(16)30-13-15-6-4-5-7-18(15)25/h4-11,14H,3,12-13H2,1-2H3/b20-11+/t14-/m1/s1. The number of hydrogen-bond donors (Lipinski definition) is 0. The van der Waals surface area contributed by atoms with Gasteiger partial charge < -0.3 is 9.47 Å². The number of esters is 1. The fourth-order valence-electron chi connectivity index (χ4n) is 2.79. The van der Waals surface area contributed by atoms with Gasteiger partial charge in [0.2, 0.25) is 0 Å². The lowest BCUT2D eigenvalue weighted by molar-refractivity contribution is -0.150. The molecule has 0 spiro atoms. The first-order valence-electron chi connectivity index (χ1n) is 9.89. The zero-order valence-corrected chi connectivity index (χ0v) is 20.6. The average Bonchev–Trinajstić information content (AvgIpc) is 3.01. The van der Waals surface area contributed by atoms with Crippen LogP contribution in [0.15, 0.2) is 51.8 Å². The molecular formula is C23H21BrClNO5S. The number of halogens is 2. The van der Waals surface area contributed by atoms with Gasteiger partial charge in [-0.2, -0.15) is 0 Å². The summed E-state index contributed by atoms with van der Waals surface area (Å²) in [6.07, 6.45) is 1.95. The van der Waals surface area contributed by atoms with Crippen LogP contribution in [0.4, 0.5) is 4.79 Å². The van der Waals surface area contributed by atoms with Crippen LogP contribution >= 0.6 is 39.3 Å². The molecule has 0 radical (unpaired) electrons. The molecule has 1 heterocycles. The van der Waals surface area contributed by atoms with Crippen molar-refractivity contribution in [2.75, 3.05) is 6.54 Å². The lowest BCUT2D eigenvalue weighted by atomic mass is 10.1. The van der Waals surface area contributed by atoms with Crippen LogP contribution in [0, 0.1) is 0 Å². The van der Waals surface area contributed by atoms with Crippen molar-refractivity contribution in [3.8, 4) is 5.75 Å². The monoisotopic (exact) mass is 537 g/mol. The van der Waals surface area contributed by atoms with Crippen molar-refractivity contribution in [2.24, 2.45) is 0 Å². The highest BCUT2D eigenvalue weighted by molar-refractivity contribution is 9.10. The van der Waals surface area contributed by atoms with Gasteiger partial charge in [-0.3, -0.25) is 19.3 Å². The number of rotatable bonds is 8. The molecule has 1 fully saturated rings. The highest BCUT2D eigenvalue weighted by Crippen LogP contribution is 2.35. The van der Waals surface area contributed by atoms with Gasteiger partial charge in [0.1, 0.15) is 18.9 Å². The molecule has 0 N–H and O–H groups in total. The van der Waals surface area contributed by atoms with Gasteiger partial charge in [0.25, 0.3) is 11.1 Å². The van der Waals surface area contributed by atoms with E-state index in [-0.39, 0.29) is 17.6 Å². The summed E-state index contributed by atoms with van der Waals surface area (Å²) in [5.41, 5.74) is 1.43. The van der Waals surface area contributed by atoms with Crippen LogP contribution in [-0.4, -0.2) is 34.7 Å². The molecule has 168 valence electrons. The summed E-state index contributed by atoms with van der Waals surface area (Å²) in [5, 5.41) is 0.0763. The van der Waals surface area contributed by atoms with Gasteiger partial charge >= 0.3 is 5.97 Å². The first kappa shape index (κ1) is 24.4. The second-order valence-electron chi connectivity index (χ2n) is 7.04. The topological polar surface area (TPSA) is 72.9 Å². The molecule has 0 unspecified atom stereocenters. The number of benzene rings is 2. The van der Waals surface area contributed by atoms with E-state index >= 15 is 0 Å². The normalized spacial score (nSPS) is 15.9. The maximum absolute atomic E-state index is 12.8. The molecule has 2 aromatic rings. The molecule has 6 nitrogen and oxygen atoms in total. The third-order valence-corrected chi connectivity index (χ3v) is 6.44. The molecule has 2 amide bonds. The minimum absolute atomic E-state index is 0.201. The van der Waals surface area contributed by atoms with Crippen molar-refractivity contribution < 1.29 is 23.9 Å². The molecule has 2 aromatic carbocycles. The van der Waals surface area contributed by atoms with Crippen molar-refractivity contribution in [1.29, 1.82) is 0 Å². The predicted octanol–water partition coefficient (Wildman–Crippen LogP) is 6.06. The van der Waals surface area contributed by atoms with Gasteiger partial charge in [-0.1, -0.05) is 52.7 Å². The summed E-state index contributed by atoms with van der Waals surface area (Å²) in [7, 11) is 0. The number of imide groups is 1. The van der Waals surface area contributed by atoms with Gasteiger partial charge in [-0.25, -0.2) is 0 Å². The number of thioether (sulfide) groups is 1. The summed E-state index contributed by atoms with van der Waals surface area (Å²) >= 11 is 10.4. The van der Waals surface area contributed by atoms with Crippen molar-refractivity contribution in [3.05, 3.63) is 68.0 Å². The van der Waals surface area contributed by atoms with Crippen molar-refractivity contribution in [2.45, 2.75) is 33.0 Å². The van der Waals surface area contributed by atoms with Crippen LogP contribution in [-0.2, 0) is 20.9 Å². The number of hydrogen-bond acceptors (Lipinski definition) is 6. The smallest absolute Gasteiger partial charge is 0.326 e. The predicted molar refractivity (Wildman–Crippen MR) is 128 cm³/mol. The van der Waals surface area contributed by atoms with Crippen LogP contribution in [0.5, 0.6) is 5.75 Å². The highest BCUT2D eigenvalue weighted by atomic mass is 79.9. The number of ether oxygens (including phenoxy) is 2. The van der Waals surface area contributed by atoms with Gasteiger partial charge in [-0.15, -0.1) is 0 Å². The Labute approximate surface area is 204 Å². The maximum atomic E-state index is 12.8. The minimum Gasteiger partial charge on any atom is -0.488 e. The second kappa shape index (κ2) is 11.0. The van der Waals surface area contributed by atoms with Crippen molar-refractivity contribution in [1.82, 2.24) is 4.90 Å².